The maximum absolute atomic E-state index is 12.2. The van der Waals surface area contributed by atoms with Crippen molar-refractivity contribution in [1.29, 1.82) is 0 Å². The second-order valence-electron chi connectivity index (χ2n) is 5.55. The average molecular weight is 364 g/mol. The number of aryl methyl sites for hydroxylation is 2. The van der Waals surface area contributed by atoms with Crippen molar-refractivity contribution < 1.29 is 19.0 Å². The zero-order valence-corrected chi connectivity index (χ0v) is 15.6. The Hall–Kier alpha value is -2.40. The predicted molar refractivity (Wildman–Crippen MR) is 99.2 cm³/mol. The van der Waals surface area contributed by atoms with E-state index in [0.29, 0.717) is 22.2 Å². The smallest absolute Gasteiger partial charge is 0.227 e. The molecule has 0 aromatic heterocycles. The van der Waals surface area contributed by atoms with Crippen molar-refractivity contribution in [3.63, 3.8) is 0 Å². The summed E-state index contributed by atoms with van der Waals surface area (Å²) in [6, 6.07) is 9.16. The van der Waals surface area contributed by atoms with Crippen LogP contribution in [0, 0.1) is 13.8 Å². The SMILES string of the molecule is COc1cc(OC)c(NC(=O)CCOc2c(C)cccc2C)cc1Cl. The molecule has 0 saturated heterocycles. The molecule has 0 unspecified atom stereocenters. The Morgan fingerprint density at radius 3 is 2.32 bits per heavy atom. The van der Waals surface area contributed by atoms with E-state index in [1.807, 2.05) is 32.0 Å². The second-order valence-corrected chi connectivity index (χ2v) is 5.96. The fourth-order valence-corrected chi connectivity index (χ4v) is 2.68. The molecular formula is C19H22ClNO4. The fourth-order valence-electron chi connectivity index (χ4n) is 2.44. The van der Waals surface area contributed by atoms with Crippen molar-refractivity contribution in [2.24, 2.45) is 0 Å². The molecule has 1 N–H and O–H groups in total. The van der Waals surface area contributed by atoms with Crippen LogP contribution in [-0.4, -0.2) is 26.7 Å². The summed E-state index contributed by atoms with van der Waals surface area (Å²) in [5.74, 6) is 1.59. The van der Waals surface area contributed by atoms with E-state index < -0.39 is 0 Å². The molecule has 5 nitrogen and oxygen atoms in total. The minimum absolute atomic E-state index is 0.189. The molecule has 25 heavy (non-hydrogen) atoms. The van der Waals surface area contributed by atoms with E-state index in [0.717, 1.165) is 16.9 Å². The first-order valence-electron chi connectivity index (χ1n) is 7.86. The normalized spacial score (nSPS) is 10.3. The van der Waals surface area contributed by atoms with Gasteiger partial charge in [-0.25, -0.2) is 0 Å². The standard InChI is InChI=1S/C19H22ClNO4/c1-12-6-5-7-13(2)19(12)25-9-8-18(22)21-15-10-14(20)16(23-3)11-17(15)24-4/h5-7,10-11H,8-9H2,1-4H3,(H,21,22). The minimum Gasteiger partial charge on any atom is -0.495 e. The lowest BCUT2D eigenvalue weighted by molar-refractivity contribution is -0.116. The first kappa shape index (κ1) is 18.9. The number of ether oxygens (including phenoxy) is 3. The molecule has 0 bridgehead atoms. The molecule has 2 rings (SSSR count). The van der Waals surface area contributed by atoms with Gasteiger partial charge in [-0.05, 0) is 31.0 Å². The van der Waals surface area contributed by atoms with Gasteiger partial charge in [0.25, 0.3) is 0 Å². The highest BCUT2D eigenvalue weighted by Crippen LogP contribution is 2.35. The first-order chi connectivity index (χ1) is 12.0. The zero-order chi connectivity index (χ0) is 18.4. The molecule has 0 aliphatic heterocycles. The third-order valence-electron chi connectivity index (χ3n) is 3.73. The van der Waals surface area contributed by atoms with E-state index in [2.05, 4.69) is 5.32 Å². The molecule has 0 saturated carbocycles. The highest BCUT2D eigenvalue weighted by atomic mass is 35.5. The van der Waals surface area contributed by atoms with E-state index in [9.17, 15) is 4.79 Å². The van der Waals surface area contributed by atoms with Crippen LogP contribution < -0.4 is 19.5 Å². The number of hydrogen-bond acceptors (Lipinski definition) is 4. The summed E-state index contributed by atoms with van der Waals surface area (Å²) in [5, 5.41) is 3.18. The lowest BCUT2D eigenvalue weighted by Crippen LogP contribution is -2.16. The van der Waals surface area contributed by atoms with Gasteiger partial charge in [-0.1, -0.05) is 29.8 Å². The van der Waals surface area contributed by atoms with Crippen molar-refractivity contribution in [2.75, 3.05) is 26.1 Å². The zero-order valence-electron chi connectivity index (χ0n) is 14.8. The van der Waals surface area contributed by atoms with Crippen molar-refractivity contribution >= 4 is 23.2 Å². The van der Waals surface area contributed by atoms with Crippen molar-refractivity contribution in [2.45, 2.75) is 20.3 Å². The van der Waals surface area contributed by atoms with E-state index in [1.165, 1.54) is 14.2 Å². The Bertz CT molecular complexity index is 741. The Balaban J connectivity index is 1.98. The number of benzene rings is 2. The highest BCUT2D eigenvalue weighted by Gasteiger charge is 2.13. The van der Waals surface area contributed by atoms with Gasteiger partial charge in [-0.3, -0.25) is 4.79 Å². The number of rotatable bonds is 7. The highest BCUT2D eigenvalue weighted by molar-refractivity contribution is 6.32. The lowest BCUT2D eigenvalue weighted by atomic mass is 10.1. The van der Waals surface area contributed by atoms with Crippen LogP contribution in [0.1, 0.15) is 17.5 Å². The number of carbonyl (C=O) groups excluding carboxylic acids is 1. The molecule has 0 radical (unpaired) electrons. The van der Waals surface area contributed by atoms with Crippen LogP contribution in [0.15, 0.2) is 30.3 Å². The van der Waals surface area contributed by atoms with Gasteiger partial charge in [-0.2, -0.15) is 0 Å². The van der Waals surface area contributed by atoms with Gasteiger partial charge in [-0.15, -0.1) is 0 Å². The van der Waals surface area contributed by atoms with Crippen LogP contribution in [0.4, 0.5) is 5.69 Å². The van der Waals surface area contributed by atoms with Crippen LogP contribution in [0.25, 0.3) is 0 Å². The lowest BCUT2D eigenvalue weighted by Gasteiger charge is -2.14. The summed E-state index contributed by atoms with van der Waals surface area (Å²) in [5.41, 5.74) is 2.58. The Morgan fingerprint density at radius 1 is 1.08 bits per heavy atom. The molecular weight excluding hydrogens is 342 g/mol. The maximum atomic E-state index is 12.2. The molecule has 0 heterocycles. The third kappa shape index (κ3) is 4.79. The van der Waals surface area contributed by atoms with E-state index >= 15 is 0 Å². The number of hydrogen-bond donors (Lipinski definition) is 1. The summed E-state index contributed by atoms with van der Waals surface area (Å²) >= 11 is 6.10. The van der Waals surface area contributed by atoms with Crippen molar-refractivity contribution in [3.8, 4) is 17.2 Å². The first-order valence-corrected chi connectivity index (χ1v) is 8.24. The van der Waals surface area contributed by atoms with Crippen LogP contribution >= 0.6 is 11.6 Å². The Kier molecular flexibility index (Phi) is 6.53. The van der Waals surface area contributed by atoms with E-state index in [-0.39, 0.29) is 18.9 Å². The summed E-state index contributed by atoms with van der Waals surface area (Å²) in [7, 11) is 3.03. The molecule has 2 aromatic carbocycles. The maximum Gasteiger partial charge on any atom is 0.227 e. The van der Waals surface area contributed by atoms with Gasteiger partial charge >= 0.3 is 0 Å². The molecule has 134 valence electrons. The van der Waals surface area contributed by atoms with Gasteiger partial charge in [0, 0.05) is 6.07 Å². The third-order valence-corrected chi connectivity index (χ3v) is 4.03. The number of amides is 1. The predicted octanol–water partition coefficient (Wildman–Crippen LogP) is 4.38. The van der Waals surface area contributed by atoms with Gasteiger partial charge in [0.1, 0.15) is 17.2 Å². The monoisotopic (exact) mass is 363 g/mol. The molecule has 0 atom stereocenters. The van der Waals surface area contributed by atoms with Gasteiger partial charge in [0.15, 0.2) is 0 Å². The fraction of sp³-hybridized carbons (Fsp3) is 0.316. The molecule has 0 aliphatic rings. The van der Waals surface area contributed by atoms with Gasteiger partial charge in [0.2, 0.25) is 5.91 Å². The van der Waals surface area contributed by atoms with Gasteiger partial charge in [0.05, 0.1) is 38.0 Å². The number of carbonyl (C=O) groups is 1. The van der Waals surface area contributed by atoms with Crippen LogP contribution in [0.2, 0.25) is 5.02 Å². The quantitative estimate of drug-likeness (QED) is 0.793. The van der Waals surface area contributed by atoms with Crippen LogP contribution in [0.5, 0.6) is 17.2 Å². The number of nitrogens with one attached hydrogen (secondary N) is 1. The molecule has 1 amide bonds. The van der Waals surface area contributed by atoms with Crippen molar-refractivity contribution in [3.05, 3.63) is 46.5 Å². The second kappa shape index (κ2) is 8.62. The summed E-state index contributed by atoms with van der Waals surface area (Å²) < 4.78 is 16.2. The van der Waals surface area contributed by atoms with E-state index in [1.54, 1.807) is 12.1 Å². The summed E-state index contributed by atoms with van der Waals surface area (Å²) in [6.07, 6.45) is 0.209. The van der Waals surface area contributed by atoms with Gasteiger partial charge < -0.3 is 19.5 Å². The van der Waals surface area contributed by atoms with Crippen molar-refractivity contribution in [1.82, 2.24) is 0 Å². The minimum atomic E-state index is -0.189. The molecule has 6 heteroatoms. The topological polar surface area (TPSA) is 56.8 Å². The largest absolute Gasteiger partial charge is 0.495 e. The molecule has 0 aliphatic carbocycles. The van der Waals surface area contributed by atoms with Crippen LogP contribution in [0.3, 0.4) is 0 Å². The Labute approximate surface area is 152 Å². The molecule has 2 aromatic rings. The van der Waals surface area contributed by atoms with E-state index in [4.69, 9.17) is 25.8 Å². The summed E-state index contributed by atoms with van der Waals surface area (Å²) in [4.78, 5) is 12.2. The molecule has 0 spiro atoms. The number of para-hydroxylation sites is 1. The van der Waals surface area contributed by atoms with Crippen LogP contribution in [-0.2, 0) is 4.79 Å². The number of anilines is 1. The Morgan fingerprint density at radius 2 is 1.72 bits per heavy atom. The summed E-state index contributed by atoms with van der Waals surface area (Å²) in [6.45, 7) is 4.24. The average Bonchev–Trinajstić information content (AvgIpc) is 2.58. The number of halogens is 1. The molecule has 0 fully saturated rings. The number of methoxy groups -OCH3 is 2.